The van der Waals surface area contributed by atoms with Crippen LogP contribution in [0.3, 0.4) is 0 Å². The van der Waals surface area contributed by atoms with Crippen LogP contribution >= 0.6 is 0 Å². The number of hydrogen-bond donors (Lipinski definition) is 7. The van der Waals surface area contributed by atoms with Gasteiger partial charge in [0.1, 0.15) is 6.10 Å². The van der Waals surface area contributed by atoms with Gasteiger partial charge in [-0.25, -0.2) is 14.4 Å². The second-order valence-corrected chi connectivity index (χ2v) is 2.80. The van der Waals surface area contributed by atoms with Crippen molar-refractivity contribution < 1.29 is 143 Å². The third kappa shape index (κ3) is 45.4. The van der Waals surface area contributed by atoms with Gasteiger partial charge in [-0.05, 0) is 6.92 Å². The van der Waals surface area contributed by atoms with Gasteiger partial charge in [0.2, 0.25) is 0 Å². The second-order valence-electron chi connectivity index (χ2n) is 2.80. The number of carbonyl (C=O) groups is 3. The fourth-order valence-electron chi connectivity index (χ4n) is 0.270. The van der Waals surface area contributed by atoms with Gasteiger partial charge in [0.25, 0.3) is 0 Å². The van der Waals surface area contributed by atoms with Gasteiger partial charge in [-0.2, -0.15) is 0 Å². The van der Waals surface area contributed by atoms with Gasteiger partial charge in [0.05, 0.1) is 5.09 Å². The zero-order chi connectivity index (χ0) is 17.0. The molecule has 0 aliphatic heterocycles. The van der Waals surface area contributed by atoms with Gasteiger partial charge in [-0.3, -0.25) is 0 Å². The number of nitrogens with zero attached hydrogens (tertiary/aromatic N) is 1. The molecule has 0 saturated heterocycles. The number of aliphatic hydroxyl groups excluding tert-OH is 3. The normalized spacial score (nSPS) is 10.6. The average Bonchev–Trinajstić information content (AvgIpc) is 2.26. The van der Waals surface area contributed by atoms with Crippen LogP contribution in [0.1, 0.15) is 6.92 Å². The van der Waals surface area contributed by atoms with Crippen molar-refractivity contribution in [2.24, 2.45) is 0 Å². The van der Waals surface area contributed by atoms with Gasteiger partial charge in [-0.15, -0.1) is 0 Å². The Labute approximate surface area is 205 Å². The smallest absolute Gasteiger partial charge is 1.00 e. The second kappa shape index (κ2) is 28.9. The van der Waals surface area contributed by atoms with E-state index in [1.54, 1.807) is 0 Å². The summed E-state index contributed by atoms with van der Waals surface area (Å²) in [4.78, 5) is 37.2. The molecule has 3 unspecified atom stereocenters. The first-order chi connectivity index (χ1) is 8.84. The molecular formula is C7H15Cl2KN2NiO12. The number of aliphatic carboxylic acids is 3. The molecule has 25 heavy (non-hydrogen) atoms. The molecule has 9 N–H and O–H groups in total. The van der Waals surface area contributed by atoms with E-state index in [9.17, 15) is 14.4 Å². The summed E-state index contributed by atoms with van der Waals surface area (Å²) in [6, 6.07) is 0. The molecule has 0 bridgehead atoms. The predicted molar refractivity (Wildman–Crippen MR) is 62.0 cm³/mol. The summed E-state index contributed by atoms with van der Waals surface area (Å²) in [5, 5.41) is 63.0. The first-order valence-electron chi connectivity index (χ1n) is 4.38. The van der Waals surface area contributed by atoms with E-state index in [-0.39, 0.29) is 98.8 Å². The summed E-state index contributed by atoms with van der Waals surface area (Å²) < 4.78 is 0. The maximum Gasteiger partial charge on any atom is 2.00 e. The van der Waals surface area contributed by atoms with Crippen molar-refractivity contribution in [3.8, 4) is 0 Å². The molecule has 0 heterocycles. The van der Waals surface area contributed by atoms with Crippen molar-refractivity contribution in [2.45, 2.75) is 25.2 Å². The number of hydrogen-bond acceptors (Lipinski definition) is 10. The molecule has 0 fully saturated rings. The fourth-order valence-corrected chi connectivity index (χ4v) is 0.270. The minimum absolute atomic E-state index is 0. The van der Waals surface area contributed by atoms with Crippen LogP contribution in [0.5, 0.6) is 0 Å². The Morgan fingerprint density at radius 3 is 1.00 bits per heavy atom. The molecule has 3 atom stereocenters. The van der Waals surface area contributed by atoms with Gasteiger partial charge in [0, 0.05) is 0 Å². The van der Waals surface area contributed by atoms with E-state index in [2.05, 4.69) is 0 Å². The average molecular weight is 488 g/mol. The third-order valence-corrected chi connectivity index (χ3v) is 1.16. The molecule has 0 amide bonds. The third-order valence-electron chi connectivity index (χ3n) is 1.16. The SMILES string of the molecule is CC(O)C(=O)O.N.O=C(O)C(O)C(O)C(=O)O.O=[N+]([O-])[O-].[Cl-].[Cl-].[K+].[Ni+2]. The zero-order valence-corrected chi connectivity index (χ0v) is 18.2. The summed E-state index contributed by atoms with van der Waals surface area (Å²) >= 11 is 0. The summed E-state index contributed by atoms with van der Waals surface area (Å²) in [6.45, 7) is 1.20. The van der Waals surface area contributed by atoms with Gasteiger partial charge < -0.3 is 76.9 Å². The Bertz CT molecular complexity index is 342. The van der Waals surface area contributed by atoms with E-state index >= 15 is 0 Å². The summed E-state index contributed by atoms with van der Waals surface area (Å²) in [5.74, 6) is -4.72. The quantitative estimate of drug-likeness (QED) is 0.110. The summed E-state index contributed by atoms with van der Waals surface area (Å²) in [5.41, 5.74) is 0. The monoisotopic (exact) mass is 486 g/mol. The first kappa shape index (κ1) is 49.9. The maximum absolute atomic E-state index is 9.77. The van der Waals surface area contributed by atoms with Crippen LogP contribution in [0.2, 0.25) is 0 Å². The molecule has 0 aromatic rings. The number of rotatable bonds is 4. The van der Waals surface area contributed by atoms with Crippen molar-refractivity contribution in [3.63, 3.8) is 0 Å². The number of carboxylic acids is 3. The predicted octanol–water partition coefficient (Wildman–Crippen LogP) is -11.7. The molecule has 14 nitrogen and oxygen atoms in total. The molecular weight excluding hydrogens is 473 g/mol. The largest absolute Gasteiger partial charge is 2.00 e. The fraction of sp³-hybridized carbons (Fsp3) is 0.571. The van der Waals surface area contributed by atoms with Crippen LogP contribution in [0.25, 0.3) is 0 Å². The number of carboxylic acid groups (broad SMARTS) is 3. The van der Waals surface area contributed by atoms with E-state index in [1.165, 1.54) is 6.92 Å². The topological polar surface area (TPSA) is 274 Å². The standard InChI is InChI=1S/C4H6O6.C3H6O3.2ClH.K.NO3.H3N.Ni/c5-1(3(7)8)2(6)4(9)10;1-2(4)3(5)6;;;;2-1(3)4;;/h1-2,5-6H,(H,7,8)(H,9,10);2,4H,1H3,(H,5,6);2*1H;;;1H3;/q;;;;+1;-1;;+2/p-2. The van der Waals surface area contributed by atoms with E-state index in [0.29, 0.717) is 0 Å². The van der Waals surface area contributed by atoms with E-state index in [1.807, 2.05) is 0 Å². The summed E-state index contributed by atoms with van der Waals surface area (Å²) in [7, 11) is 0. The Morgan fingerprint density at radius 1 is 0.840 bits per heavy atom. The van der Waals surface area contributed by atoms with Crippen molar-refractivity contribution in [1.82, 2.24) is 6.15 Å². The van der Waals surface area contributed by atoms with E-state index in [0.717, 1.165) is 0 Å². The Hall–Kier alpha value is 0.160. The number of halogens is 2. The Kier molecular flexibility index (Phi) is 57.7. The number of aliphatic hydroxyl groups is 3. The zero-order valence-electron chi connectivity index (χ0n) is 12.6. The molecule has 18 heteroatoms. The molecule has 150 valence electrons. The van der Waals surface area contributed by atoms with E-state index in [4.69, 9.17) is 46.0 Å². The minimum Gasteiger partial charge on any atom is -1.00 e. The molecule has 0 aliphatic carbocycles. The molecule has 0 aromatic carbocycles. The van der Waals surface area contributed by atoms with Crippen molar-refractivity contribution >= 4 is 17.9 Å². The first-order valence-corrected chi connectivity index (χ1v) is 4.38. The molecule has 0 saturated carbocycles. The van der Waals surface area contributed by atoms with Gasteiger partial charge in [-0.1, -0.05) is 0 Å². The van der Waals surface area contributed by atoms with Crippen molar-refractivity contribution in [3.05, 3.63) is 15.3 Å². The molecule has 0 spiro atoms. The van der Waals surface area contributed by atoms with E-state index < -0.39 is 41.3 Å². The van der Waals surface area contributed by atoms with Gasteiger partial charge in [0.15, 0.2) is 12.2 Å². The Balaban J connectivity index is -0.0000000285. The minimum atomic E-state index is -2.27. The van der Waals surface area contributed by atoms with Crippen LogP contribution in [0.4, 0.5) is 0 Å². The van der Waals surface area contributed by atoms with Crippen LogP contribution in [0.15, 0.2) is 0 Å². The summed E-state index contributed by atoms with van der Waals surface area (Å²) in [6.07, 6.45) is -5.76. The Morgan fingerprint density at radius 2 is 0.960 bits per heavy atom. The van der Waals surface area contributed by atoms with Crippen LogP contribution < -0.4 is 82.3 Å². The van der Waals surface area contributed by atoms with Crippen LogP contribution in [0, 0.1) is 15.3 Å². The van der Waals surface area contributed by atoms with Crippen molar-refractivity contribution in [1.29, 1.82) is 0 Å². The van der Waals surface area contributed by atoms with Crippen molar-refractivity contribution in [2.75, 3.05) is 0 Å². The maximum atomic E-state index is 9.77. The van der Waals surface area contributed by atoms with Crippen LogP contribution in [-0.4, -0.2) is 71.9 Å². The molecule has 0 aromatic heterocycles. The molecule has 0 aliphatic rings. The van der Waals surface area contributed by atoms with Crippen LogP contribution in [-0.2, 0) is 30.9 Å². The molecule has 0 rings (SSSR count). The van der Waals surface area contributed by atoms with Gasteiger partial charge >= 0.3 is 85.8 Å². The molecule has 0 radical (unpaired) electrons.